The Balaban J connectivity index is 1.95. The summed E-state index contributed by atoms with van der Waals surface area (Å²) in [5, 5.41) is 15.7. The zero-order valence-electron chi connectivity index (χ0n) is 18.1. The van der Waals surface area contributed by atoms with E-state index in [1.165, 1.54) is 12.1 Å². The molecule has 7 nitrogen and oxygen atoms in total. The summed E-state index contributed by atoms with van der Waals surface area (Å²) in [6, 6.07) is 4.84. The van der Waals surface area contributed by atoms with Crippen LogP contribution in [0.25, 0.3) is 11.1 Å². The van der Waals surface area contributed by atoms with Gasteiger partial charge in [-0.15, -0.1) is 0 Å². The number of nitrogens with one attached hydrogen (secondary N) is 1. The highest BCUT2D eigenvalue weighted by atomic mass is 19.1. The van der Waals surface area contributed by atoms with Gasteiger partial charge in [0.25, 0.3) is 0 Å². The number of carbonyl (C=O) groups is 1. The minimum atomic E-state index is -1.01. The predicted molar refractivity (Wildman–Crippen MR) is 119 cm³/mol. The summed E-state index contributed by atoms with van der Waals surface area (Å²) < 4.78 is 14.1. The Labute approximate surface area is 181 Å². The Bertz CT molecular complexity index is 920. The molecule has 8 heteroatoms. The largest absolute Gasteiger partial charge is 0.465 e. The van der Waals surface area contributed by atoms with Gasteiger partial charge in [0.1, 0.15) is 12.4 Å². The Morgan fingerprint density at radius 1 is 1.35 bits per heavy atom. The van der Waals surface area contributed by atoms with Gasteiger partial charge in [-0.1, -0.05) is 25.1 Å². The van der Waals surface area contributed by atoms with Crippen LogP contribution in [0.15, 0.2) is 35.7 Å². The van der Waals surface area contributed by atoms with Crippen LogP contribution in [0.4, 0.5) is 14.9 Å². The lowest BCUT2D eigenvalue weighted by molar-refractivity contribution is 0.120. The number of amides is 1. The Morgan fingerprint density at radius 3 is 2.74 bits per heavy atom. The zero-order valence-corrected chi connectivity index (χ0v) is 18.1. The minimum Gasteiger partial charge on any atom is -0.465 e. The third kappa shape index (κ3) is 6.16. The Kier molecular flexibility index (Phi) is 7.44. The molecule has 0 bridgehead atoms. The van der Waals surface area contributed by atoms with Crippen LogP contribution in [0.2, 0.25) is 0 Å². The third-order valence-electron chi connectivity index (χ3n) is 5.11. The second-order valence-electron chi connectivity index (χ2n) is 8.28. The molecule has 1 saturated heterocycles. The number of halogens is 1. The summed E-state index contributed by atoms with van der Waals surface area (Å²) in [4.78, 5) is 22.9. The number of carboxylic acid groups (broad SMARTS) is 1. The van der Waals surface area contributed by atoms with Gasteiger partial charge in [-0.3, -0.25) is 4.98 Å². The van der Waals surface area contributed by atoms with Crippen LogP contribution < -0.4 is 10.2 Å². The van der Waals surface area contributed by atoms with E-state index in [4.69, 9.17) is 9.94 Å². The number of pyridine rings is 1. The highest BCUT2D eigenvalue weighted by Crippen LogP contribution is 2.35. The van der Waals surface area contributed by atoms with Crippen LogP contribution in [0, 0.1) is 18.7 Å². The molecule has 2 N–H and O–H groups in total. The van der Waals surface area contributed by atoms with Gasteiger partial charge < -0.3 is 20.2 Å². The fourth-order valence-corrected chi connectivity index (χ4v) is 3.73. The van der Waals surface area contributed by atoms with E-state index in [1.807, 2.05) is 26.8 Å². The van der Waals surface area contributed by atoms with Crippen molar-refractivity contribution in [3.05, 3.63) is 47.5 Å². The lowest BCUT2D eigenvalue weighted by Crippen LogP contribution is -2.44. The van der Waals surface area contributed by atoms with Crippen LogP contribution in [-0.4, -0.2) is 48.1 Å². The van der Waals surface area contributed by atoms with E-state index in [-0.39, 0.29) is 11.9 Å². The Hall–Kier alpha value is -3.16. The Morgan fingerprint density at radius 2 is 2.10 bits per heavy atom. The summed E-state index contributed by atoms with van der Waals surface area (Å²) in [5.74, 6) is 0.0572. The lowest BCUT2D eigenvalue weighted by Gasteiger charge is -2.35. The van der Waals surface area contributed by atoms with Crippen molar-refractivity contribution < 1.29 is 19.1 Å². The van der Waals surface area contributed by atoms with Crippen molar-refractivity contribution in [1.82, 2.24) is 10.3 Å². The number of piperidine rings is 1. The molecule has 0 spiro atoms. The third-order valence-corrected chi connectivity index (χ3v) is 5.11. The van der Waals surface area contributed by atoms with Gasteiger partial charge in [0.2, 0.25) is 0 Å². The van der Waals surface area contributed by atoms with E-state index in [0.717, 1.165) is 27.9 Å². The fraction of sp³-hybridized carbons (Fsp3) is 0.435. The summed E-state index contributed by atoms with van der Waals surface area (Å²) in [5.41, 5.74) is 4.03. The van der Waals surface area contributed by atoms with E-state index in [1.54, 1.807) is 18.6 Å². The van der Waals surface area contributed by atoms with Crippen LogP contribution in [0.5, 0.6) is 0 Å². The first-order chi connectivity index (χ1) is 14.8. The standard InChI is InChI=1S/C23H29FN4O3/c1-15(2)14-31-26-12-18-11-25-13-21(17-8-16(3)9-19(24)10-17)22(18)28-6-4-20(5-7-28)27-23(29)30/h8-13,15,20,27H,4-7,14H2,1-3H3,(H,29,30). The van der Waals surface area contributed by atoms with Gasteiger partial charge >= 0.3 is 6.09 Å². The molecule has 1 aromatic heterocycles. The summed E-state index contributed by atoms with van der Waals surface area (Å²) >= 11 is 0. The molecule has 1 aliphatic heterocycles. The molecule has 0 unspecified atom stereocenters. The number of rotatable bonds is 7. The summed E-state index contributed by atoms with van der Waals surface area (Å²) in [6.45, 7) is 7.77. The van der Waals surface area contributed by atoms with Crippen LogP contribution >= 0.6 is 0 Å². The SMILES string of the molecule is Cc1cc(F)cc(-c2cncc(C=NOCC(C)C)c2N2CCC(NC(=O)O)CC2)c1. The predicted octanol–water partition coefficient (Wildman–Crippen LogP) is 4.44. The first-order valence-corrected chi connectivity index (χ1v) is 10.5. The number of hydrogen-bond acceptors (Lipinski definition) is 5. The molecular weight excluding hydrogens is 399 g/mol. The molecule has 2 aromatic rings. The second-order valence-corrected chi connectivity index (χ2v) is 8.28. The maximum atomic E-state index is 14.1. The highest BCUT2D eigenvalue weighted by molar-refractivity contribution is 5.94. The van der Waals surface area contributed by atoms with E-state index in [2.05, 4.69) is 20.4 Å². The van der Waals surface area contributed by atoms with E-state index in [9.17, 15) is 9.18 Å². The van der Waals surface area contributed by atoms with Gasteiger partial charge in [-0.25, -0.2) is 9.18 Å². The number of nitrogens with zero attached hydrogens (tertiary/aromatic N) is 3. The smallest absolute Gasteiger partial charge is 0.404 e. The minimum absolute atomic E-state index is 0.0815. The number of aromatic nitrogens is 1. The van der Waals surface area contributed by atoms with E-state index >= 15 is 0 Å². The van der Waals surface area contributed by atoms with Crippen molar-refractivity contribution in [2.45, 2.75) is 39.7 Å². The van der Waals surface area contributed by atoms with Gasteiger partial charge in [-0.2, -0.15) is 0 Å². The van der Waals surface area contributed by atoms with Crippen LogP contribution in [0.3, 0.4) is 0 Å². The molecule has 2 heterocycles. The van der Waals surface area contributed by atoms with E-state index in [0.29, 0.717) is 38.5 Å². The average molecular weight is 429 g/mol. The van der Waals surface area contributed by atoms with Crippen molar-refractivity contribution in [1.29, 1.82) is 0 Å². The zero-order chi connectivity index (χ0) is 22.4. The first-order valence-electron chi connectivity index (χ1n) is 10.5. The second kappa shape index (κ2) is 10.2. The normalized spacial score (nSPS) is 14.9. The molecule has 166 valence electrons. The number of aryl methyl sites for hydroxylation is 1. The molecule has 3 rings (SSSR count). The molecule has 0 saturated carbocycles. The molecule has 1 aromatic carbocycles. The molecule has 31 heavy (non-hydrogen) atoms. The van der Waals surface area contributed by atoms with Crippen molar-refractivity contribution in [3.63, 3.8) is 0 Å². The van der Waals surface area contributed by atoms with Gasteiger partial charge in [-0.05, 0) is 48.9 Å². The van der Waals surface area contributed by atoms with Crippen molar-refractivity contribution in [2.75, 3.05) is 24.6 Å². The monoisotopic (exact) mass is 428 g/mol. The molecule has 0 aliphatic carbocycles. The van der Waals surface area contributed by atoms with Crippen molar-refractivity contribution in [2.24, 2.45) is 11.1 Å². The maximum Gasteiger partial charge on any atom is 0.404 e. The highest BCUT2D eigenvalue weighted by Gasteiger charge is 2.24. The molecule has 0 atom stereocenters. The molecular formula is C23H29FN4O3. The molecule has 1 fully saturated rings. The maximum absolute atomic E-state index is 14.1. The quantitative estimate of drug-likeness (QED) is 0.503. The molecule has 1 amide bonds. The van der Waals surface area contributed by atoms with Gasteiger partial charge in [0.15, 0.2) is 0 Å². The average Bonchev–Trinajstić information content (AvgIpc) is 2.70. The van der Waals surface area contributed by atoms with Crippen molar-refractivity contribution in [3.8, 4) is 11.1 Å². The van der Waals surface area contributed by atoms with E-state index < -0.39 is 6.09 Å². The summed E-state index contributed by atoms with van der Waals surface area (Å²) in [6.07, 6.45) is 5.44. The topological polar surface area (TPSA) is 87.1 Å². The lowest BCUT2D eigenvalue weighted by atomic mass is 9.97. The first kappa shape index (κ1) is 22.5. The molecule has 1 aliphatic rings. The fourth-order valence-electron chi connectivity index (χ4n) is 3.73. The number of anilines is 1. The molecule has 0 radical (unpaired) electrons. The number of oxime groups is 1. The summed E-state index contributed by atoms with van der Waals surface area (Å²) in [7, 11) is 0. The van der Waals surface area contributed by atoms with Crippen LogP contribution in [-0.2, 0) is 4.84 Å². The number of hydrogen-bond donors (Lipinski definition) is 2. The van der Waals surface area contributed by atoms with Crippen molar-refractivity contribution >= 4 is 18.0 Å². The van der Waals surface area contributed by atoms with Gasteiger partial charge in [0.05, 0.1) is 11.9 Å². The number of benzene rings is 1. The van der Waals surface area contributed by atoms with Gasteiger partial charge in [0, 0.05) is 42.7 Å². The van der Waals surface area contributed by atoms with Crippen LogP contribution in [0.1, 0.15) is 37.8 Å².